The van der Waals surface area contributed by atoms with E-state index in [4.69, 9.17) is 5.11 Å². The number of rotatable bonds is 1. The van der Waals surface area contributed by atoms with E-state index < -0.39 is 12.5 Å². The van der Waals surface area contributed by atoms with Gasteiger partial charge in [0.15, 0.2) is 0 Å². The molecule has 0 unspecified atom stereocenters. The van der Waals surface area contributed by atoms with Crippen LogP contribution in [0.2, 0.25) is 0 Å². The topological polar surface area (TPSA) is 63.3 Å². The molecule has 38 valence electrons. The number of hydrogen-bond donors (Lipinski definition) is 2. The number of nitrogens with two attached hydrogens (primary N) is 1. The maximum Gasteiger partial charge on any atom is 0.243 e. The minimum atomic E-state index is -0.690. The fourth-order valence-electron chi connectivity index (χ4n) is 0. The summed E-state index contributed by atoms with van der Waals surface area (Å²) in [6, 6.07) is 0. The van der Waals surface area contributed by atoms with Crippen LogP contribution in [0.4, 0.5) is 0 Å². The van der Waals surface area contributed by atoms with Crippen molar-refractivity contribution in [1.29, 1.82) is 0 Å². The lowest BCUT2D eigenvalue weighted by Crippen LogP contribution is -2.14. The van der Waals surface area contributed by atoms with Crippen molar-refractivity contribution in [3.63, 3.8) is 0 Å². The molecule has 0 aliphatic carbocycles. The summed E-state index contributed by atoms with van der Waals surface area (Å²) >= 11 is 0. The third-order valence-electron chi connectivity index (χ3n) is 0.156. The van der Waals surface area contributed by atoms with Gasteiger partial charge in [-0.05, 0) is 0 Å². The molecule has 0 spiro atoms. The fourth-order valence-corrected chi connectivity index (χ4v) is 0. The summed E-state index contributed by atoms with van der Waals surface area (Å²) in [5, 5.41) is 7.67. The first-order valence-corrected chi connectivity index (χ1v) is 1.16. The molecule has 0 aliphatic rings. The van der Waals surface area contributed by atoms with Crippen molar-refractivity contribution in [2.75, 3.05) is 6.61 Å². The Balaban J connectivity index is 0. The fraction of sp³-hybridized carbons (Fsp3) is 0.500. The number of primary amides is 1. The minimum absolute atomic E-state index is 0. The zero-order valence-corrected chi connectivity index (χ0v) is 4.76. The number of hydrogen-bond acceptors (Lipinski definition) is 2. The molecule has 3 nitrogen and oxygen atoms in total. The molecule has 0 aromatic heterocycles. The molecule has 0 heterocycles. The first-order valence-electron chi connectivity index (χ1n) is 1.16. The minimum Gasteiger partial charge on any atom is -0.387 e. The third-order valence-corrected chi connectivity index (χ3v) is 0.156. The Labute approximate surface area is 45.9 Å². The lowest BCUT2D eigenvalue weighted by Gasteiger charge is -1.73. The molecule has 0 rings (SSSR count). The van der Waals surface area contributed by atoms with Crippen LogP contribution in [-0.4, -0.2) is 17.6 Å². The van der Waals surface area contributed by atoms with Crippen molar-refractivity contribution in [3.8, 4) is 0 Å². The van der Waals surface area contributed by atoms with Crippen molar-refractivity contribution in [2.24, 2.45) is 5.73 Å². The summed E-state index contributed by atoms with van der Waals surface area (Å²) in [5.41, 5.74) is 4.40. The van der Waals surface area contributed by atoms with E-state index in [-0.39, 0.29) is 17.0 Å². The van der Waals surface area contributed by atoms with E-state index in [1.165, 1.54) is 0 Å². The van der Waals surface area contributed by atoms with Crippen molar-refractivity contribution >= 4 is 22.9 Å². The molecule has 0 aromatic rings. The van der Waals surface area contributed by atoms with Gasteiger partial charge in [0.2, 0.25) is 5.91 Å². The second-order valence-electron chi connectivity index (χ2n) is 0.624. The van der Waals surface area contributed by atoms with Crippen molar-refractivity contribution < 1.29 is 9.90 Å². The van der Waals surface area contributed by atoms with Crippen LogP contribution >= 0.6 is 17.0 Å². The van der Waals surface area contributed by atoms with Crippen LogP contribution in [-0.2, 0) is 4.79 Å². The van der Waals surface area contributed by atoms with Crippen molar-refractivity contribution in [3.05, 3.63) is 0 Å². The highest BCUT2D eigenvalue weighted by atomic mass is 79.9. The summed E-state index contributed by atoms with van der Waals surface area (Å²) < 4.78 is 0. The monoisotopic (exact) mass is 155 g/mol. The van der Waals surface area contributed by atoms with Gasteiger partial charge in [0.25, 0.3) is 0 Å². The van der Waals surface area contributed by atoms with E-state index in [1.807, 2.05) is 0 Å². The Bertz CT molecular complexity index is 46.8. The van der Waals surface area contributed by atoms with E-state index >= 15 is 0 Å². The molecular formula is C2H6BrNO2. The molecule has 0 radical (unpaired) electrons. The van der Waals surface area contributed by atoms with E-state index in [0.717, 1.165) is 0 Å². The summed E-state index contributed by atoms with van der Waals surface area (Å²) in [5.74, 6) is -0.690. The van der Waals surface area contributed by atoms with Crippen LogP contribution in [0.3, 0.4) is 0 Å². The predicted octanol–water partition coefficient (Wildman–Crippen LogP) is -0.958. The first kappa shape index (κ1) is 9.32. The van der Waals surface area contributed by atoms with Crippen LogP contribution in [0.15, 0.2) is 0 Å². The first-order chi connectivity index (χ1) is 2.27. The smallest absolute Gasteiger partial charge is 0.243 e. The SMILES string of the molecule is Br.NC(=O)CO. The number of carbonyl (C=O) groups excluding carboxylic acids is 1. The number of aliphatic hydroxyl groups excluding tert-OH is 1. The Morgan fingerprint density at radius 3 is 2.00 bits per heavy atom. The van der Waals surface area contributed by atoms with Crippen molar-refractivity contribution in [2.45, 2.75) is 0 Å². The van der Waals surface area contributed by atoms with Crippen LogP contribution < -0.4 is 5.73 Å². The molecular weight excluding hydrogens is 150 g/mol. The molecule has 1 amide bonds. The molecule has 0 bridgehead atoms. The standard InChI is InChI=1S/C2H5NO2.BrH/c3-2(5)1-4;/h4H,1H2,(H2,3,5);1H. The molecule has 0 saturated heterocycles. The lowest BCUT2D eigenvalue weighted by molar-refractivity contribution is -0.120. The van der Waals surface area contributed by atoms with Crippen LogP contribution in [0.5, 0.6) is 0 Å². The van der Waals surface area contributed by atoms with Gasteiger partial charge < -0.3 is 10.8 Å². The Hall–Kier alpha value is -0.0900. The average Bonchev–Trinajstić information content (AvgIpc) is 1.38. The normalized spacial score (nSPS) is 6.17. The summed E-state index contributed by atoms with van der Waals surface area (Å²) in [6.45, 7) is -0.556. The largest absolute Gasteiger partial charge is 0.387 e. The van der Waals surface area contributed by atoms with Gasteiger partial charge in [0.05, 0.1) is 0 Å². The van der Waals surface area contributed by atoms with Gasteiger partial charge in [-0.1, -0.05) is 0 Å². The van der Waals surface area contributed by atoms with Crippen LogP contribution in [0.25, 0.3) is 0 Å². The van der Waals surface area contributed by atoms with Gasteiger partial charge >= 0.3 is 0 Å². The van der Waals surface area contributed by atoms with Gasteiger partial charge in [-0.3, -0.25) is 4.79 Å². The molecule has 4 heteroatoms. The number of amides is 1. The molecule has 0 aromatic carbocycles. The van der Waals surface area contributed by atoms with Gasteiger partial charge in [-0.25, -0.2) is 0 Å². The summed E-state index contributed by atoms with van der Waals surface area (Å²) in [7, 11) is 0. The van der Waals surface area contributed by atoms with Gasteiger partial charge in [-0.15, -0.1) is 17.0 Å². The Kier molecular flexibility index (Phi) is 7.63. The summed E-state index contributed by atoms with van der Waals surface area (Å²) in [4.78, 5) is 9.34. The molecule has 0 fully saturated rings. The number of carbonyl (C=O) groups is 1. The molecule has 6 heavy (non-hydrogen) atoms. The highest BCUT2D eigenvalue weighted by Crippen LogP contribution is 1.42. The molecule has 0 aliphatic heterocycles. The lowest BCUT2D eigenvalue weighted by atomic mass is 10.7. The van der Waals surface area contributed by atoms with Gasteiger partial charge in [0, 0.05) is 0 Å². The maximum absolute atomic E-state index is 9.34. The average molecular weight is 156 g/mol. The zero-order chi connectivity index (χ0) is 4.28. The summed E-state index contributed by atoms with van der Waals surface area (Å²) in [6.07, 6.45) is 0. The van der Waals surface area contributed by atoms with E-state index in [0.29, 0.717) is 0 Å². The molecule has 3 N–H and O–H groups in total. The quantitative estimate of drug-likeness (QED) is 0.513. The molecule has 0 saturated carbocycles. The van der Waals surface area contributed by atoms with Crippen LogP contribution in [0, 0.1) is 0 Å². The maximum atomic E-state index is 9.34. The van der Waals surface area contributed by atoms with E-state index in [9.17, 15) is 4.79 Å². The predicted molar refractivity (Wildman–Crippen MR) is 26.6 cm³/mol. The third kappa shape index (κ3) is 9.08. The molecule has 0 atom stereocenters. The Morgan fingerprint density at radius 2 is 2.00 bits per heavy atom. The second-order valence-corrected chi connectivity index (χ2v) is 0.624. The number of halogens is 1. The second kappa shape index (κ2) is 4.91. The van der Waals surface area contributed by atoms with Crippen LogP contribution in [0.1, 0.15) is 0 Å². The highest BCUT2D eigenvalue weighted by Gasteiger charge is 1.78. The van der Waals surface area contributed by atoms with E-state index in [2.05, 4.69) is 5.73 Å². The zero-order valence-electron chi connectivity index (χ0n) is 3.05. The van der Waals surface area contributed by atoms with Gasteiger partial charge in [0.1, 0.15) is 6.61 Å². The van der Waals surface area contributed by atoms with Gasteiger partial charge in [-0.2, -0.15) is 0 Å². The highest BCUT2D eigenvalue weighted by molar-refractivity contribution is 8.93. The van der Waals surface area contributed by atoms with E-state index in [1.54, 1.807) is 0 Å². The van der Waals surface area contributed by atoms with Crippen molar-refractivity contribution in [1.82, 2.24) is 0 Å². The Morgan fingerprint density at radius 1 is 1.83 bits per heavy atom. The number of aliphatic hydroxyl groups is 1.